The minimum Gasteiger partial charge on any atom is -0.355 e. The molecule has 0 fully saturated rings. The molecule has 0 aliphatic carbocycles. The first-order valence-electron chi connectivity index (χ1n) is 8.09. The lowest BCUT2D eigenvalue weighted by Gasteiger charge is -2.10. The van der Waals surface area contributed by atoms with Gasteiger partial charge in [-0.25, -0.2) is 0 Å². The summed E-state index contributed by atoms with van der Waals surface area (Å²) in [7, 11) is 1.34. The van der Waals surface area contributed by atoms with E-state index in [9.17, 15) is 22.8 Å². The summed E-state index contributed by atoms with van der Waals surface area (Å²) in [5.41, 5.74) is -0.255. The minimum absolute atomic E-state index is 0.0642. The Bertz CT molecular complexity index is 892. The summed E-state index contributed by atoms with van der Waals surface area (Å²) in [6, 6.07) is 7.42. The van der Waals surface area contributed by atoms with Crippen LogP contribution in [0.1, 0.15) is 16.7 Å². The molecule has 28 heavy (non-hydrogen) atoms. The average molecular weight is 390 g/mol. The van der Waals surface area contributed by atoms with Gasteiger partial charge in [0.15, 0.2) is 0 Å². The van der Waals surface area contributed by atoms with E-state index in [4.69, 9.17) is 5.41 Å². The van der Waals surface area contributed by atoms with E-state index in [-0.39, 0.29) is 17.8 Å². The van der Waals surface area contributed by atoms with Crippen LogP contribution < -0.4 is 10.6 Å². The molecule has 2 aromatic rings. The largest absolute Gasteiger partial charge is 0.416 e. The number of nitrogens with zero attached hydrogens (tertiary/aromatic N) is 1. The number of aromatic nitrogens is 1. The van der Waals surface area contributed by atoms with Gasteiger partial charge in [-0.2, -0.15) is 13.2 Å². The zero-order valence-corrected chi connectivity index (χ0v) is 14.8. The first kappa shape index (κ1) is 20.8. The van der Waals surface area contributed by atoms with E-state index in [1.807, 2.05) is 0 Å². The van der Waals surface area contributed by atoms with Crippen molar-refractivity contribution >= 4 is 17.5 Å². The van der Waals surface area contributed by atoms with Crippen LogP contribution in [0.3, 0.4) is 0 Å². The Morgan fingerprint density at radius 2 is 1.68 bits per heavy atom. The number of alkyl halides is 3. The first-order valence-corrected chi connectivity index (χ1v) is 8.09. The summed E-state index contributed by atoms with van der Waals surface area (Å²) in [4.78, 5) is 28.2. The number of hydrogen-bond donors (Lipinski definition) is 3. The van der Waals surface area contributed by atoms with Gasteiger partial charge in [0.2, 0.25) is 0 Å². The SMILES string of the molecule is CNC(=O)/C(=C\C(=N)c1ccncc1)C(=O)NCc1ccc(C(F)(F)F)cc1. The van der Waals surface area contributed by atoms with Crippen molar-refractivity contribution in [2.75, 3.05) is 7.05 Å². The maximum absolute atomic E-state index is 12.6. The van der Waals surface area contributed by atoms with E-state index >= 15 is 0 Å². The predicted molar refractivity (Wildman–Crippen MR) is 96.5 cm³/mol. The van der Waals surface area contributed by atoms with Crippen molar-refractivity contribution in [1.29, 1.82) is 5.41 Å². The van der Waals surface area contributed by atoms with Crippen molar-refractivity contribution in [2.45, 2.75) is 12.7 Å². The lowest BCUT2D eigenvalue weighted by molar-refractivity contribution is -0.137. The molecule has 9 heteroatoms. The van der Waals surface area contributed by atoms with Gasteiger partial charge in [0, 0.05) is 31.5 Å². The van der Waals surface area contributed by atoms with E-state index in [0.29, 0.717) is 11.1 Å². The molecule has 0 atom stereocenters. The van der Waals surface area contributed by atoms with Crippen LogP contribution in [-0.4, -0.2) is 29.6 Å². The van der Waals surface area contributed by atoms with Crippen molar-refractivity contribution in [2.24, 2.45) is 0 Å². The van der Waals surface area contributed by atoms with Gasteiger partial charge in [-0.1, -0.05) is 12.1 Å². The molecule has 0 saturated heterocycles. The molecule has 2 amide bonds. The van der Waals surface area contributed by atoms with Crippen molar-refractivity contribution in [3.8, 4) is 0 Å². The zero-order chi connectivity index (χ0) is 20.7. The third kappa shape index (κ3) is 5.50. The van der Waals surface area contributed by atoms with Crippen molar-refractivity contribution in [1.82, 2.24) is 15.6 Å². The smallest absolute Gasteiger partial charge is 0.355 e. The Labute approximate surface area is 159 Å². The normalized spacial score (nSPS) is 11.6. The Morgan fingerprint density at radius 1 is 1.07 bits per heavy atom. The second kappa shape index (κ2) is 8.94. The summed E-state index contributed by atoms with van der Waals surface area (Å²) in [5, 5.41) is 12.8. The fraction of sp³-hybridized carbons (Fsp3) is 0.158. The quantitative estimate of drug-likeness (QED) is 0.306. The number of rotatable bonds is 6. The third-order valence-electron chi connectivity index (χ3n) is 3.73. The van der Waals surface area contributed by atoms with Gasteiger partial charge < -0.3 is 16.0 Å². The predicted octanol–water partition coefficient (Wildman–Crippen LogP) is 2.46. The highest BCUT2D eigenvalue weighted by Crippen LogP contribution is 2.29. The topological polar surface area (TPSA) is 94.9 Å². The number of amides is 2. The van der Waals surface area contributed by atoms with Crippen LogP contribution in [-0.2, 0) is 22.3 Å². The highest BCUT2D eigenvalue weighted by atomic mass is 19.4. The first-order chi connectivity index (χ1) is 13.2. The minimum atomic E-state index is -4.44. The number of carbonyl (C=O) groups is 2. The van der Waals surface area contributed by atoms with Gasteiger partial charge in [0.05, 0.1) is 11.3 Å². The van der Waals surface area contributed by atoms with Gasteiger partial charge >= 0.3 is 6.18 Å². The number of hydrogen-bond acceptors (Lipinski definition) is 4. The fourth-order valence-corrected chi connectivity index (χ4v) is 2.22. The molecule has 3 N–H and O–H groups in total. The summed E-state index contributed by atoms with van der Waals surface area (Å²) in [6.45, 7) is -0.0755. The van der Waals surface area contributed by atoms with Crippen LogP contribution in [0, 0.1) is 5.41 Å². The molecule has 1 aromatic heterocycles. The molecule has 0 bridgehead atoms. The van der Waals surface area contributed by atoms with Crippen LogP contribution in [0.4, 0.5) is 13.2 Å². The number of pyridine rings is 1. The molecule has 146 valence electrons. The Hall–Kier alpha value is -3.49. The van der Waals surface area contributed by atoms with Crippen LogP contribution in [0.2, 0.25) is 0 Å². The number of allylic oxidation sites excluding steroid dienone is 1. The van der Waals surface area contributed by atoms with Gasteiger partial charge in [-0.15, -0.1) is 0 Å². The standard InChI is InChI=1S/C19H17F3N4O2/c1-24-17(27)15(10-16(23)13-6-8-25-9-7-13)18(28)26-11-12-2-4-14(5-3-12)19(20,21)22/h2-10,23H,11H2,1H3,(H,24,27)(H,26,28)/b15-10+,23-16?. The summed E-state index contributed by atoms with van der Waals surface area (Å²) in [5.74, 6) is -1.44. The van der Waals surface area contributed by atoms with Gasteiger partial charge in [-0.05, 0) is 35.9 Å². The van der Waals surface area contributed by atoms with E-state index < -0.39 is 23.6 Å². The highest BCUT2D eigenvalue weighted by Gasteiger charge is 2.29. The summed E-state index contributed by atoms with van der Waals surface area (Å²) < 4.78 is 37.7. The van der Waals surface area contributed by atoms with Gasteiger partial charge in [-0.3, -0.25) is 14.6 Å². The van der Waals surface area contributed by atoms with E-state index in [0.717, 1.165) is 18.2 Å². The molecule has 6 nitrogen and oxygen atoms in total. The molecule has 0 radical (unpaired) electrons. The number of halogens is 3. The van der Waals surface area contributed by atoms with Gasteiger partial charge in [0.25, 0.3) is 11.8 Å². The Kier molecular flexibility index (Phi) is 6.64. The molecular formula is C19H17F3N4O2. The van der Waals surface area contributed by atoms with Crippen molar-refractivity contribution < 1.29 is 22.8 Å². The summed E-state index contributed by atoms with van der Waals surface area (Å²) >= 11 is 0. The van der Waals surface area contributed by atoms with E-state index in [1.54, 1.807) is 12.1 Å². The molecule has 0 aliphatic rings. The fourth-order valence-electron chi connectivity index (χ4n) is 2.22. The number of likely N-dealkylation sites (N-methyl/N-ethyl adjacent to an activating group) is 1. The highest BCUT2D eigenvalue weighted by molar-refractivity contribution is 6.23. The monoisotopic (exact) mass is 390 g/mol. The van der Waals surface area contributed by atoms with Crippen LogP contribution >= 0.6 is 0 Å². The number of nitrogens with one attached hydrogen (secondary N) is 3. The molecule has 0 unspecified atom stereocenters. The second-order valence-electron chi connectivity index (χ2n) is 5.66. The molecule has 2 rings (SSSR count). The lowest BCUT2D eigenvalue weighted by Crippen LogP contribution is -2.33. The molecule has 0 saturated carbocycles. The van der Waals surface area contributed by atoms with Crippen LogP contribution in [0.5, 0.6) is 0 Å². The molecule has 0 aliphatic heterocycles. The lowest BCUT2D eigenvalue weighted by atomic mass is 10.1. The average Bonchev–Trinajstić information content (AvgIpc) is 2.69. The molecule has 1 heterocycles. The van der Waals surface area contributed by atoms with E-state index in [2.05, 4.69) is 15.6 Å². The zero-order valence-electron chi connectivity index (χ0n) is 14.8. The number of carbonyl (C=O) groups excluding carboxylic acids is 2. The van der Waals surface area contributed by atoms with Crippen LogP contribution in [0.15, 0.2) is 60.4 Å². The van der Waals surface area contributed by atoms with Crippen LogP contribution in [0.25, 0.3) is 0 Å². The number of benzene rings is 1. The van der Waals surface area contributed by atoms with Crippen molar-refractivity contribution in [3.63, 3.8) is 0 Å². The van der Waals surface area contributed by atoms with E-state index in [1.165, 1.54) is 31.6 Å². The van der Waals surface area contributed by atoms with Gasteiger partial charge in [0.1, 0.15) is 5.57 Å². The Morgan fingerprint density at radius 3 is 2.21 bits per heavy atom. The maximum atomic E-state index is 12.6. The summed E-state index contributed by atoms with van der Waals surface area (Å²) in [6.07, 6.45) is -0.371. The second-order valence-corrected chi connectivity index (χ2v) is 5.66. The Balaban J connectivity index is 2.12. The third-order valence-corrected chi connectivity index (χ3v) is 3.73. The molecule has 0 spiro atoms. The molecular weight excluding hydrogens is 373 g/mol. The molecule has 1 aromatic carbocycles. The maximum Gasteiger partial charge on any atom is 0.416 e. The van der Waals surface area contributed by atoms with Crippen molar-refractivity contribution in [3.05, 3.63) is 77.1 Å².